The number of rotatable bonds is 4. The first-order valence-electron chi connectivity index (χ1n) is 6.95. The lowest BCUT2D eigenvalue weighted by molar-refractivity contribution is -0.134. The standard InChI is InChI=1S/C15H22N2O3/c1-20-13-4-2-11(3-5-13)12-6-8-17(9-7-12)15(19)14(16)10-18/h2-5,12,14,18H,6-10,16H2,1H3. The van der Waals surface area contributed by atoms with Gasteiger partial charge < -0.3 is 20.5 Å². The Kier molecular flexibility index (Phi) is 4.98. The maximum Gasteiger partial charge on any atom is 0.241 e. The third kappa shape index (κ3) is 3.29. The van der Waals surface area contributed by atoms with Crippen molar-refractivity contribution in [3.63, 3.8) is 0 Å². The number of benzene rings is 1. The summed E-state index contributed by atoms with van der Waals surface area (Å²) in [6.45, 7) is 1.10. The molecule has 0 spiro atoms. The molecule has 0 aromatic heterocycles. The van der Waals surface area contributed by atoms with Crippen LogP contribution in [0.2, 0.25) is 0 Å². The third-order valence-electron chi connectivity index (χ3n) is 3.91. The molecule has 20 heavy (non-hydrogen) atoms. The summed E-state index contributed by atoms with van der Waals surface area (Å²) >= 11 is 0. The molecule has 1 atom stereocenters. The van der Waals surface area contributed by atoms with Crippen LogP contribution in [0, 0.1) is 0 Å². The Bertz CT molecular complexity index is 439. The number of hydrogen-bond donors (Lipinski definition) is 2. The maximum absolute atomic E-state index is 11.9. The third-order valence-corrected chi connectivity index (χ3v) is 3.91. The van der Waals surface area contributed by atoms with Crippen LogP contribution in [0.15, 0.2) is 24.3 Å². The molecule has 1 saturated heterocycles. The molecule has 5 heteroatoms. The van der Waals surface area contributed by atoms with Crippen LogP contribution in [-0.4, -0.2) is 48.8 Å². The van der Waals surface area contributed by atoms with Crippen molar-refractivity contribution in [2.75, 3.05) is 26.8 Å². The van der Waals surface area contributed by atoms with Gasteiger partial charge in [-0.2, -0.15) is 0 Å². The van der Waals surface area contributed by atoms with Crippen molar-refractivity contribution in [1.82, 2.24) is 4.90 Å². The number of carbonyl (C=O) groups is 1. The van der Waals surface area contributed by atoms with Gasteiger partial charge in [-0.15, -0.1) is 0 Å². The van der Waals surface area contributed by atoms with Crippen molar-refractivity contribution in [1.29, 1.82) is 0 Å². The smallest absolute Gasteiger partial charge is 0.241 e. The first-order chi connectivity index (χ1) is 9.65. The van der Waals surface area contributed by atoms with E-state index >= 15 is 0 Å². The molecule has 1 fully saturated rings. The molecule has 110 valence electrons. The van der Waals surface area contributed by atoms with Gasteiger partial charge in [0.05, 0.1) is 13.7 Å². The molecule has 1 aliphatic heterocycles. The van der Waals surface area contributed by atoms with Gasteiger partial charge in [0, 0.05) is 13.1 Å². The molecule has 1 aromatic rings. The van der Waals surface area contributed by atoms with Crippen molar-refractivity contribution in [3.8, 4) is 5.75 Å². The zero-order chi connectivity index (χ0) is 14.5. The quantitative estimate of drug-likeness (QED) is 0.851. The predicted molar refractivity (Wildman–Crippen MR) is 76.6 cm³/mol. The minimum absolute atomic E-state index is 0.152. The van der Waals surface area contributed by atoms with Gasteiger partial charge in [0.15, 0.2) is 0 Å². The Morgan fingerprint density at radius 2 is 2.00 bits per heavy atom. The van der Waals surface area contributed by atoms with Crippen LogP contribution in [0.4, 0.5) is 0 Å². The lowest BCUT2D eigenvalue weighted by atomic mass is 9.89. The van der Waals surface area contributed by atoms with Crippen molar-refractivity contribution in [2.24, 2.45) is 5.73 Å². The molecule has 0 radical (unpaired) electrons. The lowest BCUT2D eigenvalue weighted by Crippen LogP contribution is -2.48. The molecule has 1 aliphatic rings. The molecule has 1 unspecified atom stereocenters. The number of amides is 1. The number of nitrogens with two attached hydrogens (primary N) is 1. The largest absolute Gasteiger partial charge is 0.497 e. The van der Waals surface area contributed by atoms with Crippen LogP contribution in [0.25, 0.3) is 0 Å². The molecular weight excluding hydrogens is 256 g/mol. The molecule has 1 aromatic carbocycles. The van der Waals surface area contributed by atoms with Crippen LogP contribution in [0.1, 0.15) is 24.3 Å². The summed E-state index contributed by atoms with van der Waals surface area (Å²) in [6, 6.07) is 7.32. The highest BCUT2D eigenvalue weighted by Gasteiger charge is 2.26. The molecule has 1 heterocycles. The first-order valence-corrected chi connectivity index (χ1v) is 6.95. The zero-order valence-corrected chi connectivity index (χ0v) is 11.8. The van der Waals surface area contributed by atoms with Crippen molar-refractivity contribution >= 4 is 5.91 Å². The number of nitrogens with zero attached hydrogens (tertiary/aromatic N) is 1. The Labute approximate surface area is 119 Å². The van der Waals surface area contributed by atoms with E-state index in [1.165, 1.54) is 5.56 Å². The monoisotopic (exact) mass is 278 g/mol. The fourth-order valence-corrected chi connectivity index (χ4v) is 2.62. The molecule has 0 aliphatic carbocycles. The van der Waals surface area contributed by atoms with E-state index in [2.05, 4.69) is 12.1 Å². The van der Waals surface area contributed by atoms with Crippen LogP contribution in [0.5, 0.6) is 5.75 Å². The number of likely N-dealkylation sites (tertiary alicyclic amines) is 1. The number of carbonyl (C=O) groups excluding carboxylic acids is 1. The Morgan fingerprint density at radius 1 is 1.40 bits per heavy atom. The zero-order valence-electron chi connectivity index (χ0n) is 11.8. The number of aliphatic hydroxyl groups is 1. The first kappa shape index (κ1) is 14.8. The molecular formula is C15H22N2O3. The fraction of sp³-hybridized carbons (Fsp3) is 0.533. The second-order valence-electron chi connectivity index (χ2n) is 5.16. The SMILES string of the molecule is COc1ccc(C2CCN(C(=O)C(N)CO)CC2)cc1. The Hall–Kier alpha value is -1.59. The Morgan fingerprint density at radius 3 is 2.50 bits per heavy atom. The van der Waals surface area contributed by atoms with Crippen LogP contribution in [0.3, 0.4) is 0 Å². The van der Waals surface area contributed by atoms with Gasteiger partial charge in [-0.25, -0.2) is 0 Å². The van der Waals surface area contributed by atoms with Gasteiger partial charge >= 0.3 is 0 Å². The normalized spacial score (nSPS) is 17.9. The highest BCUT2D eigenvalue weighted by molar-refractivity contribution is 5.81. The van der Waals surface area contributed by atoms with Gasteiger partial charge in [-0.3, -0.25) is 4.79 Å². The summed E-state index contributed by atoms with van der Waals surface area (Å²) in [5, 5.41) is 8.93. The van der Waals surface area contributed by atoms with Gasteiger partial charge in [-0.1, -0.05) is 12.1 Å². The minimum atomic E-state index is -0.785. The molecule has 2 rings (SSSR count). The van der Waals surface area contributed by atoms with Gasteiger partial charge in [0.2, 0.25) is 5.91 Å². The van der Waals surface area contributed by atoms with E-state index in [0.29, 0.717) is 19.0 Å². The number of ether oxygens (including phenoxy) is 1. The summed E-state index contributed by atoms with van der Waals surface area (Å²) in [6.07, 6.45) is 1.85. The van der Waals surface area contributed by atoms with Crippen molar-refractivity contribution in [3.05, 3.63) is 29.8 Å². The van der Waals surface area contributed by atoms with Crippen LogP contribution in [-0.2, 0) is 4.79 Å². The van der Waals surface area contributed by atoms with Crippen molar-refractivity contribution in [2.45, 2.75) is 24.8 Å². The van der Waals surface area contributed by atoms with E-state index in [-0.39, 0.29) is 12.5 Å². The molecule has 1 amide bonds. The van der Waals surface area contributed by atoms with Gasteiger partial charge in [0.1, 0.15) is 11.8 Å². The second-order valence-corrected chi connectivity index (χ2v) is 5.16. The van der Waals surface area contributed by atoms with Gasteiger partial charge in [0.25, 0.3) is 0 Å². The van der Waals surface area contributed by atoms with E-state index in [0.717, 1.165) is 18.6 Å². The predicted octanol–water partition coefficient (Wildman–Crippen LogP) is 0.721. The van der Waals surface area contributed by atoms with E-state index in [9.17, 15) is 4.79 Å². The van der Waals surface area contributed by atoms with E-state index < -0.39 is 6.04 Å². The molecule has 0 saturated carbocycles. The molecule has 3 N–H and O–H groups in total. The summed E-state index contributed by atoms with van der Waals surface area (Å²) in [5.41, 5.74) is 6.85. The van der Waals surface area contributed by atoms with Gasteiger partial charge in [-0.05, 0) is 36.5 Å². The second kappa shape index (κ2) is 6.72. The topological polar surface area (TPSA) is 75.8 Å². The lowest BCUT2D eigenvalue weighted by Gasteiger charge is -2.33. The number of methoxy groups -OCH3 is 1. The fourth-order valence-electron chi connectivity index (χ4n) is 2.62. The minimum Gasteiger partial charge on any atom is -0.497 e. The summed E-state index contributed by atoms with van der Waals surface area (Å²) < 4.78 is 5.15. The number of hydrogen-bond acceptors (Lipinski definition) is 4. The summed E-state index contributed by atoms with van der Waals surface area (Å²) in [4.78, 5) is 13.6. The maximum atomic E-state index is 11.9. The highest BCUT2D eigenvalue weighted by Crippen LogP contribution is 2.29. The van der Waals surface area contributed by atoms with Crippen molar-refractivity contribution < 1.29 is 14.6 Å². The van der Waals surface area contributed by atoms with E-state index in [1.807, 2.05) is 12.1 Å². The number of piperidine rings is 1. The average molecular weight is 278 g/mol. The molecule has 0 bridgehead atoms. The number of aliphatic hydroxyl groups excluding tert-OH is 1. The summed E-state index contributed by atoms with van der Waals surface area (Å²) in [7, 11) is 1.66. The Balaban J connectivity index is 1.92. The van der Waals surface area contributed by atoms with E-state index in [1.54, 1.807) is 12.0 Å². The van der Waals surface area contributed by atoms with Crippen LogP contribution < -0.4 is 10.5 Å². The average Bonchev–Trinajstić information content (AvgIpc) is 2.53. The summed E-state index contributed by atoms with van der Waals surface area (Å²) in [5.74, 6) is 1.17. The highest BCUT2D eigenvalue weighted by atomic mass is 16.5. The molecule has 5 nitrogen and oxygen atoms in total. The van der Waals surface area contributed by atoms with Crippen LogP contribution >= 0.6 is 0 Å². The van der Waals surface area contributed by atoms with E-state index in [4.69, 9.17) is 15.6 Å².